The van der Waals surface area contributed by atoms with Crippen molar-refractivity contribution in [2.75, 3.05) is 0 Å². The predicted molar refractivity (Wildman–Crippen MR) is 183 cm³/mol. The molecule has 1 aromatic heterocycles. The van der Waals surface area contributed by atoms with Crippen molar-refractivity contribution in [3.8, 4) is 0 Å². The molecule has 0 radical (unpaired) electrons. The summed E-state index contributed by atoms with van der Waals surface area (Å²) in [7, 11) is -3.12. The molecule has 43 heavy (non-hydrogen) atoms. The summed E-state index contributed by atoms with van der Waals surface area (Å²) in [4.78, 5) is 0. The third kappa shape index (κ3) is 3.51. The van der Waals surface area contributed by atoms with Crippen LogP contribution in [0.3, 0.4) is 0 Å². The molecule has 202 valence electrons. The molecule has 0 aliphatic rings. The van der Waals surface area contributed by atoms with Gasteiger partial charge >= 0.3 is 0 Å². The van der Waals surface area contributed by atoms with Crippen LogP contribution in [-0.2, 0) is 4.57 Å². The van der Waals surface area contributed by atoms with Gasteiger partial charge < -0.3 is 8.98 Å². The average molecular weight is 569 g/mol. The molecule has 2 nitrogen and oxygen atoms in total. The summed E-state index contributed by atoms with van der Waals surface area (Å²) in [6.45, 7) is 0. The van der Waals surface area contributed by atoms with Crippen LogP contribution < -0.4 is 15.9 Å². The van der Waals surface area contributed by atoms with Crippen molar-refractivity contribution in [3.05, 3.63) is 152 Å². The van der Waals surface area contributed by atoms with E-state index in [9.17, 15) is 0 Å². The fourth-order valence-electron chi connectivity index (χ4n) is 6.86. The van der Waals surface area contributed by atoms with E-state index in [1.165, 1.54) is 37.7 Å². The lowest BCUT2D eigenvalue weighted by Gasteiger charge is -2.20. The van der Waals surface area contributed by atoms with Gasteiger partial charge in [-0.05, 0) is 74.1 Å². The van der Waals surface area contributed by atoms with E-state index in [1.54, 1.807) is 0 Å². The number of hydrogen-bond donors (Lipinski definition) is 0. The minimum absolute atomic E-state index is 0.793. The lowest BCUT2D eigenvalue weighted by atomic mass is 9.91. The van der Waals surface area contributed by atoms with Crippen molar-refractivity contribution in [2.45, 2.75) is 0 Å². The van der Waals surface area contributed by atoms with Gasteiger partial charge in [0.25, 0.3) is 0 Å². The normalized spacial score (nSPS) is 12.3. The standard InChI is InChI=1S/C40H25O2P/c41-43(28-13-3-1-4-14-28,29-15-5-2-6-16-29)30-19-22-38-37(25-30)34-21-20-33-36-24-27-12-8-7-11-26(27)23-35(36)31-17-9-10-18-32(31)39(33)40(34)42-38/h1-25H. The second-order valence-corrected chi connectivity index (χ2v) is 14.0. The van der Waals surface area contributed by atoms with Gasteiger partial charge in [-0.3, -0.25) is 0 Å². The number of benzene rings is 8. The molecule has 0 fully saturated rings. The number of rotatable bonds is 3. The summed E-state index contributed by atoms with van der Waals surface area (Å²) in [5, 5.41) is 14.0. The quantitative estimate of drug-likeness (QED) is 0.121. The Morgan fingerprint density at radius 3 is 1.60 bits per heavy atom. The molecule has 1 heterocycles. The topological polar surface area (TPSA) is 30.2 Å². The number of fused-ring (bicyclic) bond motifs is 11. The predicted octanol–water partition coefficient (Wildman–Crippen LogP) is 9.84. The highest BCUT2D eigenvalue weighted by atomic mass is 31.2. The summed E-state index contributed by atoms with van der Waals surface area (Å²) < 4.78 is 21.8. The summed E-state index contributed by atoms with van der Waals surface area (Å²) in [6.07, 6.45) is 0. The maximum atomic E-state index is 15.1. The van der Waals surface area contributed by atoms with E-state index in [4.69, 9.17) is 4.42 Å². The molecular weight excluding hydrogens is 543 g/mol. The molecule has 0 unspecified atom stereocenters. The minimum Gasteiger partial charge on any atom is -0.455 e. The number of furan rings is 1. The third-order valence-corrected chi connectivity index (χ3v) is 11.9. The van der Waals surface area contributed by atoms with Crippen LogP contribution in [0.2, 0.25) is 0 Å². The Bertz CT molecular complexity index is 2540. The summed E-state index contributed by atoms with van der Waals surface area (Å²) in [5.41, 5.74) is 1.66. The molecule has 0 bridgehead atoms. The van der Waals surface area contributed by atoms with Crippen LogP contribution in [0.1, 0.15) is 0 Å². The Morgan fingerprint density at radius 1 is 0.395 bits per heavy atom. The zero-order valence-corrected chi connectivity index (χ0v) is 24.1. The van der Waals surface area contributed by atoms with Gasteiger partial charge in [0.05, 0.1) is 0 Å². The maximum absolute atomic E-state index is 15.1. The van der Waals surface area contributed by atoms with E-state index in [1.807, 2.05) is 72.8 Å². The van der Waals surface area contributed by atoms with Crippen molar-refractivity contribution in [2.24, 2.45) is 0 Å². The van der Waals surface area contributed by atoms with Crippen molar-refractivity contribution >= 4 is 88.1 Å². The summed E-state index contributed by atoms with van der Waals surface area (Å²) in [5.74, 6) is 0. The van der Waals surface area contributed by atoms with E-state index < -0.39 is 7.14 Å². The Balaban J connectivity index is 1.38. The van der Waals surface area contributed by atoms with Crippen LogP contribution in [0.4, 0.5) is 0 Å². The third-order valence-electron chi connectivity index (χ3n) is 8.89. The lowest BCUT2D eigenvalue weighted by molar-refractivity contribution is 0.592. The van der Waals surface area contributed by atoms with E-state index >= 15 is 4.57 Å². The fraction of sp³-hybridized carbons (Fsp3) is 0. The first-order chi connectivity index (χ1) is 21.2. The Morgan fingerprint density at radius 2 is 0.930 bits per heavy atom. The van der Waals surface area contributed by atoms with Crippen LogP contribution in [0.15, 0.2) is 156 Å². The summed E-state index contributed by atoms with van der Waals surface area (Å²) in [6, 6.07) is 51.9. The fourth-order valence-corrected chi connectivity index (χ4v) is 9.53. The SMILES string of the molecule is O=P(c1ccccc1)(c1ccccc1)c1ccc2oc3c(ccc4c5cc6ccccc6cc5c5ccccc5c43)c2c1. The molecule has 3 heteroatoms. The lowest BCUT2D eigenvalue weighted by Crippen LogP contribution is -2.24. The van der Waals surface area contributed by atoms with Crippen molar-refractivity contribution in [1.82, 2.24) is 0 Å². The molecular formula is C40H25O2P. The largest absolute Gasteiger partial charge is 0.455 e. The van der Waals surface area contributed by atoms with E-state index in [-0.39, 0.29) is 0 Å². The number of hydrogen-bond acceptors (Lipinski definition) is 2. The van der Waals surface area contributed by atoms with Crippen LogP contribution in [0.5, 0.6) is 0 Å². The molecule has 8 aromatic carbocycles. The first-order valence-corrected chi connectivity index (χ1v) is 16.2. The maximum Gasteiger partial charge on any atom is 0.171 e. The molecule has 0 saturated heterocycles. The van der Waals surface area contributed by atoms with E-state index in [0.29, 0.717) is 0 Å². The highest BCUT2D eigenvalue weighted by Crippen LogP contribution is 2.46. The Kier molecular flexibility index (Phi) is 5.21. The molecule has 0 aliphatic carbocycles. The molecule has 0 spiro atoms. The molecule has 0 saturated carbocycles. The Labute approximate surface area is 248 Å². The van der Waals surface area contributed by atoms with Gasteiger partial charge in [0.15, 0.2) is 7.14 Å². The highest BCUT2D eigenvalue weighted by Gasteiger charge is 2.30. The van der Waals surface area contributed by atoms with Crippen LogP contribution >= 0.6 is 7.14 Å². The van der Waals surface area contributed by atoms with Gasteiger partial charge in [0, 0.05) is 32.1 Å². The van der Waals surface area contributed by atoms with E-state index in [0.717, 1.165) is 43.2 Å². The molecule has 0 aliphatic heterocycles. The molecule has 9 rings (SSSR count). The zero-order chi connectivity index (χ0) is 28.5. The van der Waals surface area contributed by atoms with Gasteiger partial charge in [-0.25, -0.2) is 0 Å². The monoisotopic (exact) mass is 568 g/mol. The zero-order valence-electron chi connectivity index (χ0n) is 23.2. The van der Waals surface area contributed by atoms with Gasteiger partial charge in [-0.15, -0.1) is 0 Å². The van der Waals surface area contributed by atoms with Crippen LogP contribution in [0.25, 0.3) is 65.0 Å². The van der Waals surface area contributed by atoms with Gasteiger partial charge in [-0.2, -0.15) is 0 Å². The second kappa shape index (κ2) is 9.16. The Hall–Kier alpha value is -5.17. The first kappa shape index (κ1) is 24.4. The molecule has 0 atom stereocenters. The first-order valence-electron chi connectivity index (χ1n) is 14.5. The molecule has 9 aromatic rings. The average Bonchev–Trinajstić information content (AvgIpc) is 3.46. The van der Waals surface area contributed by atoms with Crippen molar-refractivity contribution in [1.29, 1.82) is 0 Å². The van der Waals surface area contributed by atoms with Gasteiger partial charge in [-0.1, -0.05) is 115 Å². The van der Waals surface area contributed by atoms with Gasteiger partial charge in [0.1, 0.15) is 11.2 Å². The van der Waals surface area contributed by atoms with Crippen molar-refractivity contribution in [3.63, 3.8) is 0 Å². The van der Waals surface area contributed by atoms with E-state index in [2.05, 4.69) is 78.9 Å². The smallest absolute Gasteiger partial charge is 0.171 e. The second-order valence-electron chi connectivity index (χ2n) is 11.2. The van der Waals surface area contributed by atoms with Gasteiger partial charge in [0.2, 0.25) is 0 Å². The van der Waals surface area contributed by atoms with Crippen LogP contribution in [-0.4, -0.2) is 0 Å². The highest BCUT2D eigenvalue weighted by molar-refractivity contribution is 7.85. The van der Waals surface area contributed by atoms with Crippen LogP contribution in [0, 0.1) is 0 Å². The molecule has 0 amide bonds. The molecule has 0 N–H and O–H groups in total. The van der Waals surface area contributed by atoms with Crippen molar-refractivity contribution < 1.29 is 8.98 Å². The minimum atomic E-state index is -3.12. The summed E-state index contributed by atoms with van der Waals surface area (Å²) >= 11 is 0.